The van der Waals surface area contributed by atoms with Crippen molar-refractivity contribution >= 4 is 59.3 Å². The Morgan fingerprint density at radius 3 is 1.97 bits per heavy atom. The van der Waals surface area contributed by atoms with Crippen LogP contribution < -0.4 is 29.6 Å². The molecule has 7 amide bonds. The summed E-state index contributed by atoms with van der Waals surface area (Å²) in [4.78, 5) is 148. The maximum Gasteiger partial charge on any atom is 0.415 e. The van der Waals surface area contributed by atoms with E-state index in [0.717, 1.165) is 26.3 Å². The number of fused-ring (bicyclic) bond motifs is 3. The van der Waals surface area contributed by atoms with E-state index in [2.05, 4.69) is 10.6 Å². The van der Waals surface area contributed by atoms with Gasteiger partial charge in [-0.2, -0.15) is 0 Å². The van der Waals surface area contributed by atoms with Crippen LogP contribution in [0.3, 0.4) is 0 Å². The van der Waals surface area contributed by atoms with Gasteiger partial charge in [-0.05, 0) is 105 Å². The predicted molar refractivity (Wildman–Crippen MR) is 356 cm³/mol. The highest BCUT2D eigenvalue weighted by atomic mass is 19.1. The molecule has 98 heavy (non-hydrogen) atoms. The summed E-state index contributed by atoms with van der Waals surface area (Å²) in [7, 11) is 7.20. The van der Waals surface area contributed by atoms with Gasteiger partial charge < -0.3 is 68.3 Å². The second-order valence-corrected chi connectivity index (χ2v) is 25.0. The number of carbonyl (C=O) groups excluding carboxylic acids is 10. The summed E-state index contributed by atoms with van der Waals surface area (Å²) < 4.78 is 57.0. The fraction of sp³-hybridized carbons (Fsp3) is 0.425. The van der Waals surface area contributed by atoms with Crippen LogP contribution in [-0.2, 0) is 83.0 Å². The number of cyclic esters (lactones) is 2. The zero-order valence-electron chi connectivity index (χ0n) is 56.4. The van der Waals surface area contributed by atoms with Crippen LogP contribution in [0.1, 0.15) is 79.9 Å². The number of hydrogen-bond donors (Lipinski definition) is 2. The van der Waals surface area contributed by atoms with Gasteiger partial charge in [-0.25, -0.2) is 18.8 Å². The van der Waals surface area contributed by atoms with Gasteiger partial charge in [0.25, 0.3) is 11.8 Å². The molecule has 2 saturated heterocycles. The summed E-state index contributed by atoms with van der Waals surface area (Å²) >= 11 is 0. The Hall–Kier alpha value is -10.2. The third-order valence-corrected chi connectivity index (χ3v) is 17.3. The van der Waals surface area contributed by atoms with Crippen molar-refractivity contribution in [2.24, 2.45) is 5.41 Å². The number of Topliss-reactive ketones (excluding diaryl/α,β-unsaturated/α-hetero) is 1. The van der Waals surface area contributed by atoms with E-state index in [1.54, 1.807) is 91.0 Å². The molecule has 0 aromatic heterocycles. The van der Waals surface area contributed by atoms with Crippen molar-refractivity contribution in [3.05, 3.63) is 167 Å². The second-order valence-electron chi connectivity index (χ2n) is 25.0. The van der Waals surface area contributed by atoms with Gasteiger partial charge in [-0.1, -0.05) is 97.1 Å². The highest BCUT2D eigenvalue weighted by Crippen LogP contribution is 2.35. The number of amides is 7. The normalized spacial score (nSPS) is 21.5. The summed E-state index contributed by atoms with van der Waals surface area (Å²) in [6, 6.07) is 28.1. The number of aryl methyl sites for hydroxylation is 1. The van der Waals surface area contributed by atoms with Crippen LogP contribution in [0.2, 0.25) is 0 Å². The van der Waals surface area contributed by atoms with Gasteiger partial charge in [-0.15, -0.1) is 0 Å². The minimum absolute atomic E-state index is 0.00112. The van der Waals surface area contributed by atoms with E-state index >= 15 is 9.18 Å². The smallest absolute Gasteiger partial charge is 0.415 e. The molecule has 24 nitrogen and oxygen atoms in total. The van der Waals surface area contributed by atoms with Crippen LogP contribution >= 0.6 is 0 Å². The summed E-state index contributed by atoms with van der Waals surface area (Å²) in [5.41, 5.74) is 0.793. The first-order valence-corrected chi connectivity index (χ1v) is 32.6. The highest BCUT2D eigenvalue weighted by molar-refractivity contribution is 6.38. The van der Waals surface area contributed by atoms with E-state index in [1.165, 1.54) is 95.4 Å². The van der Waals surface area contributed by atoms with Crippen molar-refractivity contribution in [2.45, 2.75) is 102 Å². The first-order chi connectivity index (χ1) is 47.0. The van der Waals surface area contributed by atoms with Crippen molar-refractivity contribution in [1.82, 2.24) is 35.1 Å². The number of nitrogens with zero attached hydrogens (tertiary/aromatic N) is 5. The molecule has 0 radical (unpaired) electrons. The monoisotopic (exact) mass is 1350 g/mol. The predicted octanol–water partition coefficient (Wildman–Crippen LogP) is 6.19. The summed E-state index contributed by atoms with van der Waals surface area (Å²) in [5.74, 6) is -7.62. The fourth-order valence-electron chi connectivity index (χ4n) is 11.6. The first kappa shape index (κ1) is 73.6. The number of carbonyl (C=O) groups is 10. The molecule has 25 heteroatoms. The molecule has 8 rings (SSSR count). The maximum atomic E-state index is 17.4. The number of methoxy groups -OCH3 is 2. The van der Waals surface area contributed by atoms with Crippen LogP contribution in [0.5, 0.6) is 23.0 Å². The van der Waals surface area contributed by atoms with Crippen LogP contribution in [0.15, 0.2) is 133 Å². The topological polar surface area (TPSA) is 276 Å². The quantitative estimate of drug-likeness (QED) is 0.104. The molecule has 0 saturated carbocycles. The molecule has 0 aliphatic carbocycles. The Morgan fingerprint density at radius 2 is 1.31 bits per heavy atom. The molecule has 1 unspecified atom stereocenters. The number of halogens is 1. The van der Waals surface area contributed by atoms with Gasteiger partial charge in [0.05, 0.1) is 39.4 Å². The number of nitrogens with one attached hydrogen (secondary N) is 2. The summed E-state index contributed by atoms with van der Waals surface area (Å²) in [6.07, 6.45) is 1.77. The number of hydrogen-bond acceptors (Lipinski definition) is 17. The lowest BCUT2D eigenvalue weighted by Crippen LogP contribution is -2.57. The average molecular weight is 1350 g/mol. The Labute approximate surface area is 569 Å². The lowest BCUT2D eigenvalue weighted by atomic mass is 9.87. The number of ketones is 1. The largest absolute Gasteiger partial charge is 0.493 e. The molecule has 522 valence electrons. The van der Waals surface area contributed by atoms with Crippen molar-refractivity contribution < 1.29 is 85.5 Å². The third kappa shape index (κ3) is 20.2. The molecule has 5 atom stereocenters. The van der Waals surface area contributed by atoms with Gasteiger partial charge in [0.15, 0.2) is 29.7 Å². The minimum atomic E-state index is -1.58. The third-order valence-electron chi connectivity index (χ3n) is 17.3. The molecule has 3 aliphatic rings. The number of rotatable bonds is 12. The molecule has 3 aliphatic heterocycles. The molecular weight excluding hydrogens is 1270 g/mol. The van der Waals surface area contributed by atoms with Gasteiger partial charge in [0, 0.05) is 78.2 Å². The van der Waals surface area contributed by atoms with E-state index in [-0.39, 0.29) is 69.3 Å². The fourth-order valence-corrected chi connectivity index (χ4v) is 11.6. The van der Waals surface area contributed by atoms with E-state index in [1.807, 2.05) is 0 Å². The lowest BCUT2D eigenvalue weighted by Gasteiger charge is -2.36. The summed E-state index contributed by atoms with van der Waals surface area (Å²) in [5, 5.41) is 5.66. The Bertz CT molecular complexity index is 3660. The molecule has 5 aromatic carbocycles. The van der Waals surface area contributed by atoms with Crippen LogP contribution in [0, 0.1) is 11.2 Å². The second kappa shape index (κ2) is 35.2. The van der Waals surface area contributed by atoms with E-state index < -0.39 is 126 Å². The Balaban J connectivity index is 1.13. The molecule has 5 aromatic rings. The van der Waals surface area contributed by atoms with Crippen molar-refractivity contribution in [2.75, 3.05) is 94.5 Å². The Kier molecular flexibility index (Phi) is 26.4. The van der Waals surface area contributed by atoms with E-state index in [9.17, 15) is 43.2 Å². The van der Waals surface area contributed by atoms with Gasteiger partial charge in [0.1, 0.15) is 42.6 Å². The molecule has 3 heterocycles. The highest BCUT2D eigenvalue weighted by Gasteiger charge is 2.43. The zero-order valence-corrected chi connectivity index (χ0v) is 56.4. The number of likely N-dealkylation sites (N-methyl/N-ethyl adjacent to an activating group) is 3. The van der Waals surface area contributed by atoms with Crippen molar-refractivity contribution in [3.8, 4) is 23.0 Å². The van der Waals surface area contributed by atoms with Crippen molar-refractivity contribution in [1.29, 1.82) is 0 Å². The van der Waals surface area contributed by atoms with E-state index in [0.29, 0.717) is 67.3 Å². The number of esters is 2. The molecule has 2 N–H and O–H groups in total. The van der Waals surface area contributed by atoms with Gasteiger partial charge >= 0.3 is 18.0 Å². The molecule has 0 spiro atoms. The van der Waals surface area contributed by atoms with Gasteiger partial charge in [0.2, 0.25) is 29.4 Å². The standard InChI is InChI=1S/C73H86FN7O17/c1-73(2)47-96-64(84)26-15-16-35-77(3)68(87)54(41-48-19-10-8-11-20-48)75-62(82)45-78(4)69(88)55(42-49-21-12-9-13-22-49)76-67(86)57(43-50-27-31-52(32-28-50)97-72(91)80-37-39-94-40-38-80)79(5)63(83)46-95-60-25-18-23-53(65(60)74)58(33-29-51-30-34-59(92-6)61(44-51)93-7)98-71(90)56-24-14-17-36-81(56)70(89)66(73)85/h8-13,15,18-23,25-28,30-32,34,44,54-58H,14,16-17,24,29,33,35-43,45-47H2,1-7H3,(H,75,82)(H,76,86)/b26-15+/t54-,55?,56+,57+,58-/m1/s1. The Morgan fingerprint density at radius 1 is 0.673 bits per heavy atom. The number of ether oxygens (including phenoxy) is 7. The van der Waals surface area contributed by atoms with Crippen LogP contribution in [-0.4, -0.2) is 202 Å². The maximum absolute atomic E-state index is 17.4. The molecule has 2 bridgehead atoms. The number of benzene rings is 5. The number of piperidine rings is 1. The number of morpholine rings is 1. The summed E-state index contributed by atoms with van der Waals surface area (Å²) in [6.45, 7) is 2.39. The van der Waals surface area contributed by atoms with Crippen molar-refractivity contribution in [3.63, 3.8) is 0 Å². The molecular formula is C73H86FN7O17. The van der Waals surface area contributed by atoms with Gasteiger partial charge in [-0.3, -0.25) is 33.6 Å². The molecule has 2 fully saturated rings. The zero-order chi connectivity index (χ0) is 70.5. The lowest BCUT2D eigenvalue weighted by molar-refractivity contribution is -0.165. The minimum Gasteiger partial charge on any atom is -0.493 e. The first-order valence-electron chi connectivity index (χ1n) is 32.6. The van der Waals surface area contributed by atoms with E-state index in [4.69, 9.17) is 33.2 Å². The SMILES string of the molecule is COc1ccc(CC[C@H]2OC(=O)[C@@H]3CCCCN3C(=O)C(=O)C(C)(C)COC(=O)/C=C/CCN(C)C(=O)[C@@H](Cc3ccccc3)NC(=O)CN(C)C(=O)C(Cc3ccccc3)NC(=O)[C@H](Cc3ccc(OC(=O)N4CCOCC4)cc3)N(C)C(=O)COc3cccc2c3F)cc1OC. The average Bonchev–Trinajstić information content (AvgIpc) is 0.813. The van der Waals surface area contributed by atoms with Crippen LogP contribution in [0.25, 0.3) is 0 Å². The van der Waals surface area contributed by atoms with Crippen LogP contribution in [0.4, 0.5) is 9.18 Å².